The third-order valence-corrected chi connectivity index (χ3v) is 4.62. The zero-order chi connectivity index (χ0) is 18.9. The van der Waals surface area contributed by atoms with Gasteiger partial charge in [-0.3, -0.25) is 0 Å². The van der Waals surface area contributed by atoms with E-state index in [2.05, 4.69) is 66.8 Å². The molecule has 0 aliphatic heterocycles. The first kappa shape index (κ1) is 19.0. The lowest BCUT2D eigenvalue weighted by molar-refractivity contribution is 0.297. The zero-order valence-corrected chi connectivity index (χ0v) is 16.1. The zero-order valence-electron chi connectivity index (χ0n) is 16.1. The lowest BCUT2D eigenvalue weighted by Crippen LogP contribution is -2.13. The van der Waals surface area contributed by atoms with Crippen molar-refractivity contribution >= 4 is 0 Å². The average molecular weight is 361 g/mol. The summed E-state index contributed by atoms with van der Waals surface area (Å²) in [6.45, 7) is 4.41. The summed E-state index contributed by atoms with van der Waals surface area (Å²) in [6, 6.07) is 24.9. The Bertz CT molecular complexity index is 846. The molecule has 140 valence electrons. The van der Waals surface area contributed by atoms with Crippen LogP contribution in [-0.2, 0) is 19.5 Å². The topological polar surface area (TPSA) is 30.5 Å². The SMILES string of the molecule is COc1cc(CNCc2ccccc2C)ccc1OCCc1ccccc1. The van der Waals surface area contributed by atoms with E-state index in [-0.39, 0.29) is 0 Å². The molecule has 27 heavy (non-hydrogen) atoms. The molecule has 0 radical (unpaired) electrons. The molecule has 3 heteroatoms. The third-order valence-electron chi connectivity index (χ3n) is 4.62. The van der Waals surface area contributed by atoms with Gasteiger partial charge in [-0.05, 0) is 41.3 Å². The van der Waals surface area contributed by atoms with E-state index in [1.54, 1.807) is 7.11 Å². The standard InChI is InChI=1S/C24H27NO2/c1-19-8-6-7-11-22(19)18-25-17-21-12-13-23(24(16-21)26-2)27-15-14-20-9-4-3-5-10-20/h3-13,16,25H,14-15,17-18H2,1-2H3. The lowest BCUT2D eigenvalue weighted by Gasteiger charge is -2.13. The van der Waals surface area contributed by atoms with Crippen LogP contribution in [0, 0.1) is 6.92 Å². The predicted octanol–water partition coefficient (Wildman–Crippen LogP) is 4.91. The van der Waals surface area contributed by atoms with Crippen LogP contribution in [0.2, 0.25) is 0 Å². The van der Waals surface area contributed by atoms with Crippen molar-refractivity contribution in [2.75, 3.05) is 13.7 Å². The maximum absolute atomic E-state index is 5.93. The van der Waals surface area contributed by atoms with Gasteiger partial charge in [0.15, 0.2) is 11.5 Å². The summed E-state index contributed by atoms with van der Waals surface area (Å²) in [4.78, 5) is 0. The van der Waals surface area contributed by atoms with Crippen LogP contribution in [0.15, 0.2) is 72.8 Å². The maximum atomic E-state index is 5.93. The molecular formula is C24H27NO2. The van der Waals surface area contributed by atoms with Crippen molar-refractivity contribution in [3.8, 4) is 11.5 Å². The van der Waals surface area contributed by atoms with Crippen molar-refractivity contribution in [2.24, 2.45) is 0 Å². The fraction of sp³-hybridized carbons (Fsp3) is 0.250. The highest BCUT2D eigenvalue weighted by Crippen LogP contribution is 2.28. The highest BCUT2D eigenvalue weighted by atomic mass is 16.5. The van der Waals surface area contributed by atoms with Crippen LogP contribution in [0.3, 0.4) is 0 Å². The summed E-state index contributed by atoms with van der Waals surface area (Å²) in [7, 11) is 1.68. The van der Waals surface area contributed by atoms with E-state index >= 15 is 0 Å². The molecule has 0 atom stereocenters. The monoisotopic (exact) mass is 361 g/mol. The minimum atomic E-state index is 0.630. The fourth-order valence-corrected chi connectivity index (χ4v) is 3.01. The molecule has 1 N–H and O–H groups in total. The molecule has 0 spiro atoms. The Kier molecular flexibility index (Phi) is 6.89. The molecule has 0 saturated carbocycles. The summed E-state index contributed by atoms with van der Waals surface area (Å²) in [6.07, 6.45) is 0.879. The van der Waals surface area contributed by atoms with E-state index in [4.69, 9.17) is 9.47 Å². The predicted molar refractivity (Wildman–Crippen MR) is 110 cm³/mol. The van der Waals surface area contributed by atoms with E-state index in [0.717, 1.165) is 31.0 Å². The molecule has 0 heterocycles. The van der Waals surface area contributed by atoms with Crippen LogP contribution in [-0.4, -0.2) is 13.7 Å². The second-order valence-corrected chi connectivity index (χ2v) is 6.60. The molecule has 0 aliphatic rings. The van der Waals surface area contributed by atoms with Crippen molar-refractivity contribution in [3.05, 3.63) is 95.1 Å². The molecule has 0 amide bonds. The van der Waals surface area contributed by atoms with E-state index in [9.17, 15) is 0 Å². The Morgan fingerprint density at radius 2 is 1.56 bits per heavy atom. The summed E-state index contributed by atoms with van der Waals surface area (Å²) < 4.78 is 11.5. The van der Waals surface area contributed by atoms with Gasteiger partial charge in [-0.2, -0.15) is 0 Å². The van der Waals surface area contributed by atoms with Gasteiger partial charge in [0.25, 0.3) is 0 Å². The Labute approximate surface area is 162 Å². The van der Waals surface area contributed by atoms with Crippen LogP contribution < -0.4 is 14.8 Å². The molecule has 0 unspecified atom stereocenters. The van der Waals surface area contributed by atoms with E-state index in [1.165, 1.54) is 22.3 Å². The number of hydrogen-bond acceptors (Lipinski definition) is 3. The highest BCUT2D eigenvalue weighted by molar-refractivity contribution is 5.43. The smallest absolute Gasteiger partial charge is 0.161 e. The number of methoxy groups -OCH3 is 1. The van der Waals surface area contributed by atoms with E-state index in [1.807, 2.05) is 18.2 Å². The number of rotatable bonds is 9. The number of aryl methyl sites for hydroxylation is 1. The van der Waals surface area contributed by atoms with Crippen LogP contribution in [0.4, 0.5) is 0 Å². The van der Waals surface area contributed by atoms with Gasteiger partial charge in [0.2, 0.25) is 0 Å². The Hall–Kier alpha value is -2.78. The van der Waals surface area contributed by atoms with Gasteiger partial charge in [0, 0.05) is 19.5 Å². The summed E-state index contributed by atoms with van der Waals surface area (Å²) in [5.41, 5.74) is 5.08. The van der Waals surface area contributed by atoms with Gasteiger partial charge < -0.3 is 14.8 Å². The normalized spacial score (nSPS) is 10.6. The minimum absolute atomic E-state index is 0.630. The third kappa shape index (κ3) is 5.60. The first-order valence-electron chi connectivity index (χ1n) is 9.35. The van der Waals surface area contributed by atoms with Gasteiger partial charge in [-0.25, -0.2) is 0 Å². The summed E-state index contributed by atoms with van der Waals surface area (Å²) in [5.74, 6) is 1.56. The number of hydrogen-bond donors (Lipinski definition) is 1. The average Bonchev–Trinajstić information content (AvgIpc) is 2.71. The fourth-order valence-electron chi connectivity index (χ4n) is 3.01. The number of ether oxygens (including phenoxy) is 2. The van der Waals surface area contributed by atoms with Crippen molar-refractivity contribution in [1.29, 1.82) is 0 Å². The molecular weight excluding hydrogens is 334 g/mol. The first-order chi connectivity index (χ1) is 13.3. The Balaban J connectivity index is 1.53. The maximum Gasteiger partial charge on any atom is 0.161 e. The van der Waals surface area contributed by atoms with E-state index < -0.39 is 0 Å². The van der Waals surface area contributed by atoms with Gasteiger partial charge in [0.1, 0.15) is 0 Å². The van der Waals surface area contributed by atoms with Crippen molar-refractivity contribution in [2.45, 2.75) is 26.4 Å². The number of benzene rings is 3. The van der Waals surface area contributed by atoms with Crippen molar-refractivity contribution in [3.63, 3.8) is 0 Å². The molecule has 3 rings (SSSR count). The van der Waals surface area contributed by atoms with Crippen LogP contribution in [0.25, 0.3) is 0 Å². The quantitative estimate of drug-likeness (QED) is 0.587. The van der Waals surface area contributed by atoms with Gasteiger partial charge in [-0.1, -0.05) is 60.7 Å². The van der Waals surface area contributed by atoms with Crippen LogP contribution >= 0.6 is 0 Å². The van der Waals surface area contributed by atoms with Gasteiger partial charge in [-0.15, -0.1) is 0 Å². The van der Waals surface area contributed by atoms with Gasteiger partial charge >= 0.3 is 0 Å². The van der Waals surface area contributed by atoms with Gasteiger partial charge in [0.05, 0.1) is 13.7 Å². The van der Waals surface area contributed by atoms with E-state index in [0.29, 0.717) is 6.61 Å². The van der Waals surface area contributed by atoms with Crippen LogP contribution in [0.5, 0.6) is 11.5 Å². The molecule has 0 aromatic heterocycles. The lowest BCUT2D eigenvalue weighted by atomic mass is 10.1. The Morgan fingerprint density at radius 1 is 0.778 bits per heavy atom. The molecule has 0 aliphatic carbocycles. The highest BCUT2D eigenvalue weighted by Gasteiger charge is 2.06. The van der Waals surface area contributed by atoms with Crippen molar-refractivity contribution in [1.82, 2.24) is 5.32 Å². The Morgan fingerprint density at radius 3 is 2.33 bits per heavy atom. The molecule has 3 aromatic carbocycles. The summed E-state index contributed by atoms with van der Waals surface area (Å²) in [5, 5.41) is 3.50. The molecule has 3 aromatic rings. The molecule has 0 bridgehead atoms. The number of nitrogens with one attached hydrogen (secondary N) is 1. The second kappa shape index (κ2) is 9.79. The largest absolute Gasteiger partial charge is 0.493 e. The second-order valence-electron chi connectivity index (χ2n) is 6.60. The van der Waals surface area contributed by atoms with Crippen molar-refractivity contribution < 1.29 is 9.47 Å². The minimum Gasteiger partial charge on any atom is -0.493 e. The molecule has 0 saturated heterocycles. The molecule has 0 fully saturated rings. The summed E-state index contributed by atoms with van der Waals surface area (Å²) >= 11 is 0. The first-order valence-corrected chi connectivity index (χ1v) is 9.35. The molecule has 3 nitrogen and oxygen atoms in total. The van der Waals surface area contributed by atoms with Crippen LogP contribution in [0.1, 0.15) is 22.3 Å².